The number of hydrogen-bond donors (Lipinski definition) is 4. The number of carboxylic acid groups (broad SMARTS) is 1. The zero-order chi connectivity index (χ0) is 29.7. The molecule has 2 aromatic carbocycles. The Hall–Kier alpha value is -3.92. The van der Waals surface area contributed by atoms with E-state index in [0.717, 1.165) is 5.56 Å². The molecule has 2 aromatic rings. The van der Waals surface area contributed by atoms with Gasteiger partial charge in [0.1, 0.15) is 5.82 Å². The van der Waals surface area contributed by atoms with Gasteiger partial charge in [-0.05, 0) is 48.4 Å². The Bertz CT molecular complexity index is 1150. The smallest absolute Gasteiger partial charge is 0.306 e. The monoisotopic (exact) mass is 555 g/mol. The molecule has 216 valence electrons. The summed E-state index contributed by atoms with van der Waals surface area (Å²) in [5, 5.41) is 14.7. The molecule has 5 N–H and O–H groups in total. The van der Waals surface area contributed by atoms with Gasteiger partial charge in [0.15, 0.2) is 11.6 Å². The zero-order valence-electron chi connectivity index (χ0n) is 22.9. The third kappa shape index (κ3) is 11.9. The quantitative estimate of drug-likeness (QED) is 0.234. The molecule has 3 atom stereocenters. The Morgan fingerprint density at radius 1 is 0.900 bits per heavy atom. The topological polar surface area (TPSA) is 156 Å². The summed E-state index contributed by atoms with van der Waals surface area (Å²) in [6.45, 7) is 3.44. The molecule has 0 aliphatic rings. The highest BCUT2D eigenvalue weighted by Gasteiger charge is 2.28. The summed E-state index contributed by atoms with van der Waals surface area (Å²) in [5.41, 5.74) is 7.34. The maximum atomic E-state index is 13.1. The molecule has 0 radical (unpaired) electrons. The van der Waals surface area contributed by atoms with Crippen LogP contribution in [-0.4, -0.2) is 53.1 Å². The van der Waals surface area contributed by atoms with E-state index in [2.05, 4.69) is 10.6 Å². The standard InChI is InChI=1S/C30H38FN3O6/c1-19(2)14-22(30(39)40)17-27(36)26(16-20-6-4-3-5-7-20)34-28(37)13-12-24(35)18-33-29(38)25(32)15-21-8-10-23(31)11-9-21/h3-11,19,22,25-26H,12-18,32H2,1-2H3,(H,33,38)(H,34,37)(H,39,40)/t22?,25-,26?/m1/s1. The van der Waals surface area contributed by atoms with Gasteiger partial charge in [0, 0.05) is 19.3 Å². The number of hydrogen-bond acceptors (Lipinski definition) is 6. The van der Waals surface area contributed by atoms with Crippen LogP contribution in [0.1, 0.15) is 50.7 Å². The number of ketones is 2. The fourth-order valence-electron chi connectivity index (χ4n) is 4.21. The van der Waals surface area contributed by atoms with Crippen LogP contribution >= 0.6 is 0 Å². The molecule has 40 heavy (non-hydrogen) atoms. The molecule has 0 saturated heterocycles. The molecule has 2 rings (SSSR count). The van der Waals surface area contributed by atoms with Crippen molar-refractivity contribution in [2.75, 3.05) is 6.54 Å². The summed E-state index contributed by atoms with van der Waals surface area (Å²) in [6.07, 6.45) is 0.101. The van der Waals surface area contributed by atoms with Gasteiger partial charge in [-0.3, -0.25) is 24.0 Å². The van der Waals surface area contributed by atoms with Crippen molar-refractivity contribution in [1.82, 2.24) is 10.6 Å². The fourth-order valence-corrected chi connectivity index (χ4v) is 4.21. The minimum Gasteiger partial charge on any atom is -0.481 e. The van der Waals surface area contributed by atoms with Gasteiger partial charge in [0.2, 0.25) is 11.8 Å². The first kappa shape index (κ1) is 32.3. The lowest BCUT2D eigenvalue weighted by molar-refractivity contribution is -0.144. The number of nitrogens with two attached hydrogens (primary N) is 1. The minimum absolute atomic E-state index is 0.0834. The molecule has 0 aliphatic heterocycles. The van der Waals surface area contributed by atoms with E-state index in [1.807, 2.05) is 32.0 Å². The Morgan fingerprint density at radius 2 is 1.52 bits per heavy atom. The second-order valence-electron chi connectivity index (χ2n) is 10.3. The lowest BCUT2D eigenvalue weighted by Crippen LogP contribution is -2.44. The van der Waals surface area contributed by atoms with Crippen molar-refractivity contribution in [2.24, 2.45) is 17.6 Å². The van der Waals surface area contributed by atoms with Gasteiger partial charge in [-0.25, -0.2) is 4.39 Å². The zero-order valence-corrected chi connectivity index (χ0v) is 22.9. The molecule has 0 spiro atoms. The molecule has 10 heteroatoms. The van der Waals surface area contributed by atoms with E-state index < -0.39 is 47.4 Å². The Labute approximate surface area is 233 Å². The molecule has 9 nitrogen and oxygen atoms in total. The molecule has 2 amide bonds. The van der Waals surface area contributed by atoms with Crippen LogP contribution in [0.2, 0.25) is 0 Å². The van der Waals surface area contributed by atoms with Gasteiger partial charge >= 0.3 is 5.97 Å². The van der Waals surface area contributed by atoms with E-state index in [1.54, 1.807) is 12.1 Å². The van der Waals surface area contributed by atoms with Crippen LogP contribution in [0.15, 0.2) is 54.6 Å². The Morgan fingerprint density at radius 3 is 2.12 bits per heavy atom. The number of carbonyl (C=O) groups excluding carboxylic acids is 4. The van der Waals surface area contributed by atoms with Gasteiger partial charge in [-0.1, -0.05) is 56.3 Å². The minimum atomic E-state index is -1.06. The summed E-state index contributed by atoms with van der Waals surface area (Å²) in [6, 6.07) is 12.7. The number of nitrogens with one attached hydrogen (secondary N) is 2. The fraction of sp³-hybridized carbons (Fsp3) is 0.433. The average molecular weight is 556 g/mol. The third-order valence-electron chi connectivity index (χ3n) is 6.36. The predicted molar refractivity (Wildman–Crippen MR) is 148 cm³/mol. The van der Waals surface area contributed by atoms with Crippen molar-refractivity contribution in [3.8, 4) is 0 Å². The van der Waals surface area contributed by atoms with Crippen LogP contribution in [0.4, 0.5) is 4.39 Å². The lowest BCUT2D eigenvalue weighted by atomic mass is 9.89. The molecule has 0 bridgehead atoms. The molecular formula is C30H38FN3O6. The molecule has 0 aromatic heterocycles. The first-order chi connectivity index (χ1) is 18.9. The number of amides is 2. The molecular weight excluding hydrogens is 517 g/mol. The molecule has 0 heterocycles. The molecule has 0 fully saturated rings. The van der Waals surface area contributed by atoms with Gasteiger partial charge in [-0.2, -0.15) is 0 Å². The van der Waals surface area contributed by atoms with Crippen LogP contribution in [0.5, 0.6) is 0 Å². The summed E-state index contributed by atoms with van der Waals surface area (Å²) in [5.74, 6) is -4.10. The highest BCUT2D eigenvalue weighted by atomic mass is 19.1. The van der Waals surface area contributed by atoms with Crippen molar-refractivity contribution in [3.05, 3.63) is 71.5 Å². The molecule has 2 unspecified atom stereocenters. The van der Waals surface area contributed by atoms with Gasteiger partial charge < -0.3 is 21.5 Å². The van der Waals surface area contributed by atoms with E-state index in [-0.39, 0.29) is 50.4 Å². The molecule has 0 aliphatic carbocycles. The summed E-state index contributed by atoms with van der Waals surface area (Å²) >= 11 is 0. The lowest BCUT2D eigenvalue weighted by Gasteiger charge is -2.21. The van der Waals surface area contributed by atoms with Crippen molar-refractivity contribution < 1.29 is 33.5 Å². The van der Waals surface area contributed by atoms with Crippen molar-refractivity contribution >= 4 is 29.4 Å². The van der Waals surface area contributed by atoms with E-state index >= 15 is 0 Å². The maximum Gasteiger partial charge on any atom is 0.306 e. The second kappa shape index (κ2) is 16.2. The van der Waals surface area contributed by atoms with E-state index in [1.165, 1.54) is 24.3 Å². The van der Waals surface area contributed by atoms with Crippen LogP contribution in [0.3, 0.4) is 0 Å². The number of carboxylic acids is 1. The summed E-state index contributed by atoms with van der Waals surface area (Å²) in [7, 11) is 0. The van der Waals surface area contributed by atoms with Gasteiger partial charge in [0.05, 0.1) is 24.5 Å². The van der Waals surface area contributed by atoms with Crippen LogP contribution < -0.4 is 16.4 Å². The SMILES string of the molecule is CC(C)CC(CC(=O)C(Cc1ccccc1)NC(=O)CCC(=O)CNC(=O)[C@H](N)Cc1ccc(F)cc1)C(=O)O. The Balaban J connectivity index is 1.88. The second-order valence-corrected chi connectivity index (χ2v) is 10.3. The summed E-state index contributed by atoms with van der Waals surface area (Å²) < 4.78 is 13.0. The number of rotatable bonds is 17. The average Bonchev–Trinajstić information content (AvgIpc) is 2.91. The maximum absolute atomic E-state index is 13.1. The number of Topliss-reactive ketones (excluding diaryl/α,β-unsaturated/α-hetero) is 2. The largest absolute Gasteiger partial charge is 0.481 e. The third-order valence-corrected chi connectivity index (χ3v) is 6.36. The van der Waals surface area contributed by atoms with Crippen LogP contribution in [-0.2, 0) is 36.8 Å². The van der Waals surface area contributed by atoms with Gasteiger partial charge in [-0.15, -0.1) is 0 Å². The normalized spacial score (nSPS) is 13.2. The first-order valence-corrected chi connectivity index (χ1v) is 13.3. The van der Waals surface area contributed by atoms with E-state index in [0.29, 0.717) is 12.0 Å². The number of aliphatic carboxylic acids is 1. The highest BCUT2D eigenvalue weighted by Crippen LogP contribution is 2.18. The van der Waals surface area contributed by atoms with Crippen molar-refractivity contribution in [2.45, 2.75) is 64.5 Å². The summed E-state index contributed by atoms with van der Waals surface area (Å²) in [4.78, 5) is 61.9. The number of halogens is 1. The first-order valence-electron chi connectivity index (χ1n) is 13.3. The number of benzene rings is 2. The van der Waals surface area contributed by atoms with Crippen LogP contribution in [0, 0.1) is 17.7 Å². The Kier molecular flexibility index (Phi) is 13.1. The van der Waals surface area contributed by atoms with Gasteiger partial charge in [0.25, 0.3) is 0 Å². The van der Waals surface area contributed by atoms with Crippen molar-refractivity contribution in [1.29, 1.82) is 0 Å². The van der Waals surface area contributed by atoms with E-state index in [9.17, 15) is 33.5 Å². The van der Waals surface area contributed by atoms with Crippen LogP contribution in [0.25, 0.3) is 0 Å². The van der Waals surface area contributed by atoms with Crippen molar-refractivity contribution in [3.63, 3.8) is 0 Å². The predicted octanol–water partition coefficient (Wildman–Crippen LogP) is 2.59. The highest BCUT2D eigenvalue weighted by molar-refractivity contribution is 5.93. The number of carbonyl (C=O) groups is 5. The van der Waals surface area contributed by atoms with E-state index in [4.69, 9.17) is 5.73 Å². The molecule has 0 saturated carbocycles.